The molecule has 1 aromatic heterocycles. The maximum atomic E-state index is 13.6. The van der Waals surface area contributed by atoms with Gasteiger partial charge in [-0.3, -0.25) is 9.59 Å². The van der Waals surface area contributed by atoms with Crippen LogP contribution in [0.25, 0.3) is 0 Å². The fourth-order valence-electron chi connectivity index (χ4n) is 5.56. The van der Waals surface area contributed by atoms with Crippen LogP contribution < -0.4 is 9.64 Å². The third kappa shape index (κ3) is 4.77. The highest BCUT2D eigenvalue weighted by molar-refractivity contribution is 6.31. The van der Waals surface area contributed by atoms with Gasteiger partial charge in [-0.25, -0.2) is 4.68 Å². The lowest BCUT2D eigenvalue weighted by Crippen LogP contribution is -2.54. The molecule has 2 aliphatic heterocycles. The summed E-state index contributed by atoms with van der Waals surface area (Å²) in [6, 6.07) is 14.4. The van der Waals surface area contributed by atoms with E-state index in [-0.39, 0.29) is 24.1 Å². The number of hydrogen-bond donors (Lipinski definition) is 1. The number of likely N-dealkylation sites (N-methyl/N-ethyl adjacent to an activating group) is 1. The number of hydrogen-bond acceptors (Lipinski definition) is 5. The SMILES string of the molecule is CN1C(=O)[C@@H](N2CCc3c(nn(Cc4ccccc4)c3Cl)C2=O)COc2cc(C#CC3(O)CCCC3)ccc21. The zero-order valence-electron chi connectivity index (χ0n) is 21.7. The highest BCUT2D eigenvalue weighted by Gasteiger charge is 2.41. The summed E-state index contributed by atoms with van der Waals surface area (Å²) in [4.78, 5) is 30.2. The van der Waals surface area contributed by atoms with Crippen LogP contribution in [-0.4, -0.2) is 63.4 Å². The number of fused-ring (bicyclic) bond motifs is 2. The average Bonchev–Trinajstić information content (AvgIpc) is 3.49. The minimum absolute atomic E-state index is 0.0104. The lowest BCUT2D eigenvalue weighted by molar-refractivity contribution is -0.123. The van der Waals surface area contributed by atoms with Crippen LogP contribution in [0.3, 0.4) is 0 Å². The summed E-state index contributed by atoms with van der Waals surface area (Å²) < 4.78 is 7.74. The Labute approximate surface area is 232 Å². The van der Waals surface area contributed by atoms with Gasteiger partial charge in [-0.2, -0.15) is 5.10 Å². The standard InChI is InChI=1S/C30H29ClN4O4/c1-33-23-10-9-20(11-15-30(38)13-5-6-14-30)17-25(23)39-19-24(28(33)36)34-16-12-22-26(29(34)37)32-35(27(22)31)18-21-7-3-2-4-8-21/h2-4,7-10,17,24,38H,5-6,12-14,16,18-19H2,1H3/t24-/m0/s1. The maximum absolute atomic E-state index is 13.6. The van der Waals surface area contributed by atoms with Crippen LogP contribution in [0.2, 0.25) is 5.15 Å². The Bertz CT molecular complexity index is 1500. The van der Waals surface area contributed by atoms with Crippen molar-refractivity contribution >= 4 is 29.1 Å². The van der Waals surface area contributed by atoms with Crippen molar-refractivity contribution in [2.24, 2.45) is 0 Å². The fraction of sp³-hybridized carbons (Fsp3) is 0.367. The van der Waals surface area contributed by atoms with Crippen molar-refractivity contribution in [2.45, 2.75) is 50.3 Å². The molecule has 3 aliphatic rings. The first-order valence-corrected chi connectivity index (χ1v) is 13.6. The van der Waals surface area contributed by atoms with Crippen LogP contribution in [0.4, 0.5) is 5.69 Å². The second-order valence-corrected chi connectivity index (χ2v) is 10.8. The van der Waals surface area contributed by atoms with Gasteiger partial charge in [0.2, 0.25) is 0 Å². The first kappa shape index (κ1) is 25.5. The molecule has 39 heavy (non-hydrogen) atoms. The molecule has 1 N–H and O–H groups in total. The molecule has 3 heterocycles. The predicted octanol–water partition coefficient (Wildman–Crippen LogP) is 3.66. The highest BCUT2D eigenvalue weighted by Crippen LogP contribution is 2.35. The molecule has 200 valence electrons. The molecule has 0 unspecified atom stereocenters. The van der Waals surface area contributed by atoms with Gasteiger partial charge in [-0.05, 0) is 55.9 Å². The molecule has 1 fully saturated rings. The van der Waals surface area contributed by atoms with Crippen molar-refractivity contribution in [3.8, 4) is 17.6 Å². The van der Waals surface area contributed by atoms with Crippen molar-refractivity contribution in [3.63, 3.8) is 0 Å². The zero-order valence-corrected chi connectivity index (χ0v) is 22.4. The van der Waals surface area contributed by atoms with Crippen LogP contribution in [-0.2, 0) is 17.8 Å². The van der Waals surface area contributed by atoms with Gasteiger partial charge >= 0.3 is 0 Å². The van der Waals surface area contributed by atoms with E-state index in [9.17, 15) is 14.7 Å². The molecule has 8 nitrogen and oxygen atoms in total. The molecule has 0 saturated heterocycles. The van der Waals surface area contributed by atoms with Gasteiger partial charge in [-0.15, -0.1) is 0 Å². The number of nitrogens with zero attached hydrogens (tertiary/aromatic N) is 4. The van der Waals surface area contributed by atoms with Crippen LogP contribution in [0.15, 0.2) is 48.5 Å². The van der Waals surface area contributed by atoms with Crippen molar-refractivity contribution in [2.75, 3.05) is 25.1 Å². The van der Waals surface area contributed by atoms with Crippen molar-refractivity contribution in [1.82, 2.24) is 14.7 Å². The summed E-state index contributed by atoms with van der Waals surface area (Å²) in [5, 5.41) is 15.6. The minimum atomic E-state index is -0.935. The first-order valence-electron chi connectivity index (χ1n) is 13.2. The quantitative estimate of drug-likeness (QED) is 0.508. The molecular weight excluding hydrogens is 516 g/mol. The van der Waals surface area contributed by atoms with E-state index in [2.05, 4.69) is 16.9 Å². The number of amides is 2. The Hall–Kier alpha value is -3.80. The monoisotopic (exact) mass is 544 g/mol. The Morgan fingerprint density at radius 2 is 1.92 bits per heavy atom. The highest BCUT2D eigenvalue weighted by atomic mass is 35.5. The average molecular weight is 545 g/mol. The lowest BCUT2D eigenvalue weighted by Gasteiger charge is -2.33. The van der Waals surface area contributed by atoms with E-state index in [4.69, 9.17) is 16.3 Å². The number of carbonyl (C=O) groups excluding carboxylic acids is 2. The van der Waals surface area contributed by atoms with Gasteiger partial charge in [0.25, 0.3) is 11.8 Å². The molecule has 0 bridgehead atoms. The molecule has 0 spiro atoms. The minimum Gasteiger partial charge on any atom is -0.489 e. The third-order valence-corrected chi connectivity index (χ3v) is 8.23. The smallest absolute Gasteiger partial charge is 0.275 e. The van der Waals surface area contributed by atoms with Gasteiger partial charge < -0.3 is 19.6 Å². The van der Waals surface area contributed by atoms with E-state index < -0.39 is 11.6 Å². The van der Waals surface area contributed by atoms with Crippen LogP contribution in [0, 0.1) is 11.8 Å². The third-order valence-electron chi connectivity index (χ3n) is 7.80. The summed E-state index contributed by atoms with van der Waals surface area (Å²) in [6.07, 6.45) is 3.81. The molecule has 1 saturated carbocycles. The molecule has 2 aromatic carbocycles. The van der Waals surface area contributed by atoms with Crippen molar-refractivity contribution in [3.05, 3.63) is 76.1 Å². The number of aliphatic hydroxyl groups is 1. The molecule has 1 aliphatic carbocycles. The number of carbonyl (C=O) groups is 2. The maximum Gasteiger partial charge on any atom is 0.275 e. The van der Waals surface area contributed by atoms with Crippen LogP contribution in [0.1, 0.15) is 52.9 Å². The first-order chi connectivity index (χ1) is 18.8. The van der Waals surface area contributed by atoms with Gasteiger partial charge in [0, 0.05) is 24.7 Å². The predicted molar refractivity (Wildman–Crippen MR) is 147 cm³/mol. The largest absolute Gasteiger partial charge is 0.489 e. The molecule has 6 rings (SSSR count). The van der Waals surface area contributed by atoms with Crippen LogP contribution in [0.5, 0.6) is 5.75 Å². The molecule has 0 radical (unpaired) electrons. The number of aromatic nitrogens is 2. The van der Waals surface area contributed by atoms with Crippen LogP contribution >= 0.6 is 11.6 Å². The van der Waals surface area contributed by atoms with E-state index in [1.54, 1.807) is 28.8 Å². The number of anilines is 1. The van der Waals surface area contributed by atoms with Crippen molar-refractivity contribution < 1.29 is 19.4 Å². The second kappa shape index (κ2) is 10.1. The van der Waals surface area contributed by atoms with E-state index in [1.807, 2.05) is 36.4 Å². The van der Waals surface area contributed by atoms with Gasteiger partial charge in [0.1, 0.15) is 29.2 Å². The lowest BCUT2D eigenvalue weighted by atomic mass is 10.0. The molecule has 2 amide bonds. The summed E-state index contributed by atoms with van der Waals surface area (Å²) in [7, 11) is 1.68. The Kier molecular flexibility index (Phi) is 6.57. The second-order valence-electron chi connectivity index (χ2n) is 10.4. The molecule has 9 heteroatoms. The van der Waals surface area contributed by atoms with Gasteiger partial charge in [0.05, 0.1) is 12.2 Å². The number of halogens is 1. The molecule has 3 aromatic rings. The molecular formula is C30H29ClN4O4. The van der Waals surface area contributed by atoms with E-state index in [0.29, 0.717) is 60.1 Å². The Morgan fingerprint density at radius 3 is 2.69 bits per heavy atom. The van der Waals surface area contributed by atoms with Gasteiger partial charge in [-0.1, -0.05) is 53.8 Å². The summed E-state index contributed by atoms with van der Waals surface area (Å²) in [6.45, 7) is 0.796. The summed E-state index contributed by atoms with van der Waals surface area (Å²) in [5.41, 5.74) is 2.38. The fourth-order valence-corrected chi connectivity index (χ4v) is 5.85. The van der Waals surface area contributed by atoms with E-state index in [1.165, 1.54) is 4.90 Å². The number of ether oxygens (including phenoxy) is 1. The summed E-state index contributed by atoms with van der Waals surface area (Å²) >= 11 is 6.62. The zero-order chi connectivity index (χ0) is 27.1. The van der Waals surface area contributed by atoms with Crippen molar-refractivity contribution in [1.29, 1.82) is 0 Å². The normalized spacial score (nSPS) is 20.0. The van der Waals surface area contributed by atoms with E-state index >= 15 is 0 Å². The topological polar surface area (TPSA) is 87.9 Å². The summed E-state index contributed by atoms with van der Waals surface area (Å²) in [5.74, 6) is 6.03. The Balaban J connectivity index is 1.22. The number of benzene rings is 2. The number of rotatable bonds is 3. The molecule has 1 atom stereocenters. The Morgan fingerprint density at radius 1 is 1.15 bits per heavy atom. The van der Waals surface area contributed by atoms with E-state index in [0.717, 1.165) is 18.4 Å². The van der Waals surface area contributed by atoms with Gasteiger partial charge in [0.15, 0.2) is 5.69 Å².